The summed E-state index contributed by atoms with van der Waals surface area (Å²) in [6, 6.07) is 2.48. The summed E-state index contributed by atoms with van der Waals surface area (Å²) in [6.07, 6.45) is 0.506. The maximum Gasteiger partial charge on any atom is 0.326 e. The van der Waals surface area contributed by atoms with E-state index < -0.39 is 36.0 Å². The molecule has 0 bridgehead atoms. The van der Waals surface area contributed by atoms with Gasteiger partial charge in [0.1, 0.15) is 17.7 Å². The number of carbonyl (C=O) groups excluding carboxylic acids is 1. The fourth-order valence-electron chi connectivity index (χ4n) is 2.28. The van der Waals surface area contributed by atoms with Gasteiger partial charge in [-0.1, -0.05) is 6.07 Å². The van der Waals surface area contributed by atoms with Crippen LogP contribution in [-0.4, -0.2) is 34.5 Å². The van der Waals surface area contributed by atoms with Crippen LogP contribution in [0, 0.1) is 11.6 Å². The Morgan fingerprint density at radius 2 is 1.95 bits per heavy atom. The highest BCUT2D eigenvalue weighted by molar-refractivity contribution is 5.85. The zero-order valence-corrected chi connectivity index (χ0v) is 10.1. The zero-order valence-electron chi connectivity index (χ0n) is 10.1. The minimum atomic E-state index is -1.08. The molecule has 1 aromatic carbocycles. The lowest BCUT2D eigenvalue weighted by Crippen LogP contribution is -2.41. The van der Waals surface area contributed by atoms with E-state index in [0.29, 0.717) is 19.4 Å². The van der Waals surface area contributed by atoms with Crippen molar-refractivity contribution in [2.24, 2.45) is 0 Å². The third kappa shape index (κ3) is 2.72. The quantitative estimate of drug-likeness (QED) is 0.906. The number of hydrogen-bond donors (Lipinski definition) is 1. The molecule has 1 saturated heterocycles. The van der Waals surface area contributed by atoms with Gasteiger partial charge in [-0.05, 0) is 25.0 Å². The van der Waals surface area contributed by atoms with Crippen molar-refractivity contribution in [2.45, 2.75) is 25.3 Å². The molecule has 1 N–H and O–H groups in total. The molecule has 0 spiro atoms. The van der Waals surface area contributed by atoms with Crippen molar-refractivity contribution in [1.29, 1.82) is 0 Å². The maximum atomic E-state index is 13.4. The van der Waals surface area contributed by atoms with Gasteiger partial charge in [0.05, 0.1) is 6.42 Å². The van der Waals surface area contributed by atoms with Crippen molar-refractivity contribution in [3.05, 3.63) is 35.4 Å². The fourth-order valence-corrected chi connectivity index (χ4v) is 2.28. The van der Waals surface area contributed by atoms with Crippen molar-refractivity contribution in [2.75, 3.05) is 6.54 Å². The minimum Gasteiger partial charge on any atom is -0.480 e. The van der Waals surface area contributed by atoms with E-state index in [-0.39, 0.29) is 5.56 Å². The van der Waals surface area contributed by atoms with Gasteiger partial charge in [-0.15, -0.1) is 0 Å². The topological polar surface area (TPSA) is 57.6 Å². The number of aliphatic carboxylic acids is 1. The van der Waals surface area contributed by atoms with Crippen LogP contribution < -0.4 is 0 Å². The summed E-state index contributed by atoms with van der Waals surface area (Å²) >= 11 is 0. The fraction of sp³-hybridized carbons (Fsp3) is 0.385. The Hall–Kier alpha value is -1.98. The standard InChI is InChI=1S/C13H13F2NO3/c14-9-3-1-4-10(15)8(9)7-12(17)16-6-2-5-11(16)13(18)19/h1,3-4,11H,2,5-7H2,(H,18,19)/t11-/m0/s1. The van der Waals surface area contributed by atoms with E-state index in [1.165, 1.54) is 11.0 Å². The Kier molecular flexibility index (Phi) is 3.78. The van der Waals surface area contributed by atoms with E-state index in [1.807, 2.05) is 0 Å². The highest BCUT2D eigenvalue weighted by Crippen LogP contribution is 2.20. The molecule has 19 heavy (non-hydrogen) atoms. The number of rotatable bonds is 3. The van der Waals surface area contributed by atoms with Gasteiger partial charge in [-0.3, -0.25) is 4.79 Å². The molecule has 1 fully saturated rings. The molecule has 1 aliphatic rings. The Balaban J connectivity index is 2.15. The first-order chi connectivity index (χ1) is 9.00. The average Bonchev–Trinajstić information content (AvgIpc) is 2.83. The molecule has 4 nitrogen and oxygen atoms in total. The molecule has 1 aromatic rings. The number of nitrogens with zero attached hydrogens (tertiary/aromatic N) is 1. The second-order valence-electron chi connectivity index (χ2n) is 4.46. The van der Waals surface area contributed by atoms with E-state index in [2.05, 4.69) is 0 Å². The number of benzene rings is 1. The number of carbonyl (C=O) groups is 2. The Morgan fingerprint density at radius 3 is 2.53 bits per heavy atom. The normalized spacial score (nSPS) is 18.6. The summed E-state index contributed by atoms with van der Waals surface area (Å²) in [5.74, 6) is -3.23. The number of likely N-dealkylation sites (tertiary alicyclic amines) is 1. The molecule has 0 radical (unpaired) electrons. The number of amides is 1. The maximum absolute atomic E-state index is 13.4. The molecular formula is C13H13F2NO3. The number of carboxylic acids is 1. The molecule has 102 valence electrons. The number of halogens is 2. The van der Waals surface area contributed by atoms with Gasteiger partial charge >= 0.3 is 5.97 Å². The predicted octanol–water partition coefficient (Wildman–Crippen LogP) is 1.58. The van der Waals surface area contributed by atoms with Crippen molar-refractivity contribution in [3.8, 4) is 0 Å². The third-order valence-corrected chi connectivity index (χ3v) is 3.25. The summed E-state index contributed by atoms with van der Waals surface area (Å²) in [4.78, 5) is 24.1. The van der Waals surface area contributed by atoms with Gasteiger partial charge < -0.3 is 10.0 Å². The Bertz CT molecular complexity index is 498. The van der Waals surface area contributed by atoms with Crippen molar-refractivity contribution in [3.63, 3.8) is 0 Å². The number of carboxylic acid groups (broad SMARTS) is 1. The lowest BCUT2D eigenvalue weighted by molar-refractivity contribution is -0.148. The van der Waals surface area contributed by atoms with Crippen molar-refractivity contribution < 1.29 is 23.5 Å². The van der Waals surface area contributed by atoms with Crippen molar-refractivity contribution >= 4 is 11.9 Å². The van der Waals surface area contributed by atoms with Crippen molar-refractivity contribution in [1.82, 2.24) is 4.90 Å². The first kappa shape index (κ1) is 13.5. The van der Waals surface area contributed by atoms with Crippen LogP contribution >= 0.6 is 0 Å². The van der Waals surface area contributed by atoms with Crippen LogP contribution in [-0.2, 0) is 16.0 Å². The number of hydrogen-bond acceptors (Lipinski definition) is 2. The SMILES string of the molecule is O=C(O)[C@@H]1CCCN1C(=O)Cc1c(F)cccc1F. The highest BCUT2D eigenvalue weighted by atomic mass is 19.1. The van der Waals surface area contributed by atoms with Crippen LogP contribution in [0.25, 0.3) is 0 Å². The second-order valence-corrected chi connectivity index (χ2v) is 4.46. The summed E-state index contributed by atoms with van der Waals surface area (Å²) in [5, 5.41) is 8.97. The van der Waals surface area contributed by atoms with E-state index in [0.717, 1.165) is 12.1 Å². The molecular weight excluding hydrogens is 256 g/mol. The molecule has 1 aliphatic heterocycles. The molecule has 6 heteroatoms. The van der Waals surface area contributed by atoms with Gasteiger partial charge in [-0.2, -0.15) is 0 Å². The second kappa shape index (κ2) is 5.34. The molecule has 2 rings (SSSR count). The first-order valence-corrected chi connectivity index (χ1v) is 5.96. The van der Waals surface area contributed by atoms with E-state index in [4.69, 9.17) is 5.11 Å². The van der Waals surface area contributed by atoms with Gasteiger partial charge in [0.2, 0.25) is 5.91 Å². The van der Waals surface area contributed by atoms with Crippen LogP contribution in [0.2, 0.25) is 0 Å². The molecule has 1 atom stereocenters. The summed E-state index contributed by atoms with van der Waals surface area (Å²) in [7, 11) is 0. The van der Waals surface area contributed by atoms with Gasteiger partial charge in [0, 0.05) is 12.1 Å². The van der Waals surface area contributed by atoms with Crippen LogP contribution in [0.15, 0.2) is 18.2 Å². The molecule has 1 amide bonds. The van der Waals surface area contributed by atoms with Gasteiger partial charge in [-0.25, -0.2) is 13.6 Å². The molecule has 0 unspecified atom stereocenters. The lowest BCUT2D eigenvalue weighted by Gasteiger charge is -2.21. The first-order valence-electron chi connectivity index (χ1n) is 5.96. The van der Waals surface area contributed by atoms with Gasteiger partial charge in [0.25, 0.3) is 0 Å². The largest absolute Gasteiger partial charge is 0.480 e. The zero-order chi connectivity index (χ0) is 14.0. The Morgan fingerprint density at radius 1 is 1.32 bits per heavy atom. The van der Waals surface area contributed by atoms with Crippen LogP contribution in [0.3, 0.4) is 0 Å². The molecule has 0 aliphatic carbocycles. The lowest BCUT2D eigenvalue weighted by atomic mass is 10.1. The minimum absolute atomic E-state index is 0.311. The Labute approximate surface area is 108 Å². The monoisotopic (exact) mass is 269 g/mol. The summed E-state index contributed by atoms with van der Waals surface area (Å²) in [5.41, 5.74) is -0.316. The molecule has 1 heterocycles. The van der Waals surface area contributed by atoms with E-state index in [1.54, 1.807) is 0 Å². The summed E-state index contributed by atoms with van der Waals surface area (Å²) in [6.45, 7) is 0.311. The average molecular weight is 269 g/mol. The van der Waals surface area contributed by atoms with Crippen LogP contribution in [0.1, 0.15) is 18.4 Å². The molecule has 0 saturated carbocycles. The highest BCUT2D eigenvalue weighted by Gasteiger charge is 2.34. The van der Waals surface area contributed by atoms with Crippen LogP contribution in [0.5, 0.6) is 0 Å². The smallest absolute Gasteiger partial charge is 0.326 e. The van der Waals surface area contributed by atoms with Crippen LogP contribution in [0.4, 0.5) is 8.78 Å². The van der Waals surface area contributed by atoms with E-state index in [9.17, 15) is 18.4 Å². The summed E-state index contributed by atoms with van der Waals surface area (Å²) < 4.78 is 26.9. The third-order valence-electron chi connectivity index (χ3n) is 3.25. The predicted molar refractivity (Wildman–Crippen MR) is 62.4 cm³/mol. The molecule has 0 aromatic heterocycles. The van der Waals surface area contributed by atoms with E-state index >= 15 is 0 Å². The van der Waals surface area contributed by atoms with Gasteiger partial charge in [0.15, 0.2) is 0 Å².